The van der Waals surface area contributed by atoms with Gasteiger partial charge in [0.1, 0.15) is 5.92 Å². The number of hydrogen-bond acceptors (Lipinski definition) is 5. The molecule has 1 aromatic carbocycles. The van der Waals surface area contributed by atoms with Gasteiger partial charge in [-0.1, -0.05) is 0 Å². The molecule has 130 valence electrons. The molecule has 2 atom stereocenters. The second-order valence-electron chi connectivity index (χ2n) is 6.09. The summed E-state index contributed by atoms with van der Waals surface area (Å²) in [5.41, 5.74) is 0.683. The molecule has 0 aromatic heterocycles. The fraction of sp³-hybridized carbons (Fsp3) is 0.529. The number of nitrogens with one attached hydrogen (secondary N) is 2. The smallest absolute Gasteiger partial charge is 0.314 e. The van der Waals surface area contributed by atoms with E-state index in [1.807, 2.05) is 6.92 Å². The Kier molecular flexibility index (Phi) is 5.20. The van der Waals surface area contributed by atoms with Crippen LogP contribution in [-0.2, 0) is 14.3 Å². The third-order valence-electron chi connectivity index (χ3n) is 4.30. The van der Waals surface area contributed by atoms with E-state index in [-0.39, 0.29) is 24.6 Å². The summed E-state index contributed by atoms with van der Waals surface area (Å²) in [7, 11) is 0. The standard InChI is InChI=1S/C17H22N2O5/c1-2-22-17(21)12-4-3-7-19(9-12)10-16(20)18-13-5-6-14-15(8-13)24-11-23-14/h5-6,8,12H,2-4,7,9-11H2,1H3,(H,18,20)/p+1/t12-/m1/s1. The van der Waals surface area contributed by atoms with Crippen molar-refractivity contribution in [2.75, 3.05) is 38.4 Å². The second-order valence-corrected chi connectivity index (χ2v) is 6.09. The van der Waals surface area contributed by atoms with Gasteiger partial charge < -0.3 is 24.4 Å². The number of fused-ring (bicyclic) bond motifs is 1. The second kappa shape index (κ2) is 7.53. The molecule has 0 bridgehead atoms. The summed E-state index contributed by atoms with van der Waals surface area (Å²) < 4.78 is 15.6. The van der Waals surface area contributed by atoms with Crippen molar-refractivity contribution < 1.29 is 28.7 Å². The number of quaternary nitrogens is 1. The summed E-state index contributed by atoms with van der Waals surface area (Å²) >= 11 is 0. The molecule has 1 aromatic rings. The first-order chi connectivity index (χ1) is 11.7. The van der Waals surface area contributed by atoms with Crippen LogP contribution in [0.15, 0.2) is 18.2 Å². The molecule has 1 unspecified atom stereocenters. The number of ether oxygens (including phenoxy) is 3. The largest absolute Gasteiger partial charge is 0.466 e. The van der Waals surface area contributed by atoms with Crippen molar-refractivity contribution in [1.29, 1.82) is 0 Å². The van der Waals surface area contributed by atoms with Crippen LogP contribution in [0, 0.1) is 5.92 Å². The van der Waals surface area contributed by atoms with Crippen molar-refractivity contribution in [3.63, 3.8) is 0 Å². The lowest BCUT2D eigenvalue weighted by atomic mass is 9.98. The molecule has 0 aliphatic carbocycles. The molecule has 1 saturated heterocycles. The predicted molar refractivity (Wildman–Crippen MR) is 86.1 cm³/mol. The number of amides is 1. The molecule has 7 heteroatoms. The van der Waals surface area contributed by atoms with E-state index in [0.717, 1.165) is 24.3 Å². The van der Waals surface area contributed by atoms with Crippen molar-refractivity contribution in [1.82, 2.24) is 0 Å². The Hall–Kier alpha value is -2.28. The molecule has 2 aliphatic rings. The van der Waals surface area contributed by atoms with Crippen LogP contribution in [0.3, 0.4) is 0 Å². The van der Waals surface area contributed by atoms with Crippen molar-refractivity contribution in [2.45, 2.75) is 19.8 Å². The van der Waals surface area contributed by atoms with Gasteiger partial charge >= 0.3 is 5.97 Å². The first-order valence-corrected chi connectivity index (χ1v) is 8.35. The topological polar surface area (TPSA) is 78.3 Å². The van der Waals surface area contributed by atoms with Gasteiger partial charge in [-0.05, 0) is 31.9 Å². The van der Waals surface area contributed by atoms with E-state index in [2.05, 4.69) is 5.32 Å². The van der Waals surface area contributed by atoms with Gasteiger partial charge in [-0.3, -0.25) is 9.59 Å². The van der Waals surface area contributed by atoms with Crippen molar-refractivity contribution in [3.05, 3.63) is 18.2 Å². The number of esters is 1. The van der Waals surface area contributed by atoms with E-state index in [1.54, 1.807) is 18.2 Å². The third-order valence-corrected chi connectivity index (χ3v) is 4.30. The quantitative estimate of drug-likeness (QED) is 0.752. The minimum atomic E-state index is -0.147. The van der Waals surface area contributed by atoms with Crippen LogP contribution in [0.5, 0.6) is 11.5 Å². The fourth-order valence-corrected chi connectivity index (χ4v) is 3.18. The van der Waals surface area contributed by atoms with Gasteiger partial charge in [-0.15, -0.1) is 0 Å². The lowest BCUT2D eigenvalue weighted by molar-refractivity contribution is -0.899. The first kappa shape index (κ1) is 16.6. The average molecular weight is 335 g/mol. The Morgan fingerprint density at radius 1 is 1.33 bits per heavy atom. The summed E-state index contributed by atoms with van der Waals surface area (Å²) in [4.78, 5) is 25.2. The van der Waals surface area contributed by atoms with Crippen molar-refractivity contribution >= 4 is 17.6 Å². The Bertz CT molecular complexity index is 619. The lowest BCUT2D eigenvalue weighted by Gasteiger charge is -2.28. The number of rotatable bonds is 5. The molecule has 0 spiro atoms. The maximum absolute atomic E-state index is 12.3. The number of likely N-dealkylation sites (tertiary alicyclic amines) is 1. The maximum Gasteiger partial charge on any atom is 0.314 e. The van der Waals surface area contributed by atoms with Crippen LogP contribution in [0.2, 0.25) is 0 Å². The maximum atomic E-state index is 12.3. The summed E-state index contributed by atoms with van der Waals surface area (Å²) in [6, 6.07) is 5.33. The molecule has 0 radical (unpaired) electrons. The monoisotopic (exact) mass is 335 g/mol. The highest BCUT2D eigenvalue weighted by Crippen LogP contribution is 2.34. The van der Waals surface area contributed by atoms with Crippen LogP contribution >= 0.6 is 0 Å². The minimum absolute atomic E-state index is 0.0756. The molecule has 1 amide bonds. The number of hydrogen-bond donors (Lipinski definition) is 2. The van der Waals surface area contributed by atoms with Crippen LogP contribution in [0.1, 0.15) is 19.8 Å². The zero-order chi connectivity index (χ0) is 16.9. The highest BCUT2D eigenvalue weighted by Gasteiger charge is 2.30. The molecule has 1 fully saturated rings. The SMILES string of the molecule is CCOC(=O)[C@@H]1CCC[NH+](CC(=O)Nc2ccc3c(c2)OCO3)C1. The van der Waals surface area contributed by atoms with Crippen LogP contribution in [-0.4, -0.2) is 44.9 Å². The molecule has 2 N–H and O–H groups in total. The number of carbonyl (C=O) groups is 2. The van der Waals surface area contributed by atoms with Crippen LogP contribution < -0.4 is 19.7 Å². The first-order valence-electron chi connectivity index (χ1n) is 8.35. The van der Waals surface area contributed by atoms with E-state index in [0.29, 0.717) is 36.9 Å². The van der Waals surface area contributed by atoms with E-state index >= 15 is 0 Å². The summed E-state index contributed by atoms with van der Waals surface area (Å²) in [6.07, 6.45) is 1.77. The number of benzene rings is 1. The molecule has 7 nitrogen and oxygen atoms in total. The summed E-state index contributed by atoms with van der Waals surface area (Å²) in [5.74, 6) is 0.999. The average Bonchev–Trinajstić information content (AvgIpc) is 3.03. The van der Waals surface area contributed by atoms with Gasteiger partial charge in [0.05, 0.1) is 19.7 Å². The Morgan fingerprint density at radius 2 is 2.17 bits per heavy atom. The van der Waals surface area contributed by atoms with Gasteiger partial charge in [-0.2, -0.15) is 0 Å². The highest BCUT2D eigenvalue weighted by atomic mass is 16.7. The predicted octanol–water partition coefficient (Wildman–Crippen LogP) is 0.212. The van der Waals surface area contributed by atoms with E-state index in [9.17, 15) is 9.59 Å². The Balaban J connectivity index is 1.52. The van der Waals surface area contributed by atoms with E-state index in [1.165, 1.54) is 0 Å². The number of piperidine rings is 1. The zero-order valence-corrected chi connectivity index (χ0v) is 13.8. The Labute approximate surface area is 140 Å². The van der Waals surface area contributed by atoms with Crippen LogP contribution in [0.4, 0.5) is 5.69 Å². The molecular weight excluding hydrogens is 312 g/mol. The molecule has 2 heterocycles. The number of carbonyl (C=O) groups excluding carboxylic acids is 2. The highest BCUT2D eigenvalue weighted by molar-refractivity contribution is 5.91. The van der Waals surface area contributed by atoms with Gasteiger partial charge in [0.15, 0.2) is 18.0 Å². The molecule has 2 aliphatic heterocycles. The normalized spacial score (nSPS) is 22.0. The molecule has 0 saturated carbocycles. The lowest BCUT2D eigenvalue weighted by Crippen LogP contribution is -3.14. The summed E-state index contributed by atoms with van der Waals surface area (Å²) in [6.45, 7) is 4.29. The van der Waals surface area contributed by atoms with Gasteiger partial charge in [0, 0.05) is 11.8 Å². The molecule has 24 heavy (non-hydrogen) atoms. The van der Waals surface area contributed by atoms with Gasteiger partial charge in [0.25, 0.3) is 5.91 Å². The van der Waals surface area contributed by atoms with E-state index in [4.69, 9.17) is 14.2 Å². The zero-order valence-electron chi connectivity index (χ0n) is 13.8. The Morgan fingerprint density at radius 3 is 3.00 bits per heavy atom. The molecule has 3 rings (SSSR count). The van der Waals surface area contributed by atoms with E-state index < -0.39 is 0 Å². The number of anilines is 1. The third kappa shape index (κ3) is 3.97. The van der Waals surface area contributed by atoms with Crippen molar-refractivity contribution in [3.8, 4) is 11.5 Å². The van der Waals surface area contributed by atoms with Crippen molar-refractivity contribution in [2.24, 2.45) is 5.92 Å². The summed E-state index contributed by atoms with van der Waals surface area (Å²) in [5, 5.41) is 2.88. The van der Waals surface area contributed by atoms with Crippen LogP contribution in [0.25, 0.3) is 0 Å². The van der Waals surface area contributed by atoms with Gasteiger partial charge in [-0.25, -0.2) is 0 Å². The fourth-order valence-electron chi connectivity index (χ4n) is 3.18. The van der Waals surface area contributed by atoms with Gasteiger partial charge in [0.2, 0.25) is 6.79 Å². The minimum Gasteiger partial charge on any atom is -0.466 e. The molecular formula is C17H23N2O5+.